The molecule has 2 aromatic rings. The van der Waals surface area contributed by atoms with Gasteiger partial charge in [-0.1, -0.05) is 0 Å². The molecule has 4 nitrogen and oxygen atoms in total. The molecule has 17 heavy (non-hydrogen) atoms. The van der Waals surface area contributed by atoms with E-state index in [1.54, 1.807) is 0 Å². The van der Waals surface area contributed by atoms with Crippen molar-refractivity contribution in [3.05, 3.63) is 41.9 Å². The first-order valence-electron chi connectivity index (χ1n) is 6.01. The molecule has 0 atom stereocenters. The number of hydrogen-bond acceptors (Lipinski definition) is 3. The Labute approximate surface area is 101 Å². The van der Waals surface area contributed by atoms with Gasteiger partial charge >= 0.3 is 0 Å². The van der Waals surface area contributed by atoms with Crippen LogP contribution in [0.4, 0.5) is 0 Å². The first-order valence-corrected chi connectivity index (χ1v) is 6.01. The van der Waals surface area contributed by atoms with Crippen molar-refractivity contribution in [3.63, 3.8) is 0 Å². The summed E-state index contributed by atoms with van der Waals surface area (Å²) in [4.78, 5) is 4.34. The van der Waals surface area contributed by atoms with Gasteiger partial charge in [-0.25, -0.2) is 9.67 Å². The monoisotopic (exact) mass is 228 g/mol. The topological polar surface area (TPSA) is 42.7 Å². The molecule has 0 aromatic carbocycles. The maximum Gasteiger partial charge on any atom is 0.153 e. The highest BCUT2D eigenvalue weighted by Crippen LogP contribution is 2.19. The summed E-state index contributed by atoms with van der Waals surface area (Å²) in [7, 11) is 0. The summed E-state index contributed by atoms with van der Waals surface area (Å²) >= 11 is 0. The van der Waals surface area contributed by atoms with Gasteiger partial charge in [-0.15, -0.1) is 0 Å². The van der Waals surface area contributed by atoms with E-state index in [2.05, 4.69) is 27.5 Å². The third-order valence-corrected chi connectivity index (χ3v) is 2.93. The average molecular weight is 228 g/mol. The van der Waals surface area contributed by atoms with Gasteiger partial charge in [0, 0.05) is 25.0 Å². The van der Waals surface area contributed by atoms with Crippen LogP contribution >= 0.6 is 0 Å². The third-order valence-electron chi connectivity index (χ3n) is 2.93. The SMILES string of the molecule is Cc1cnn(-c2cc(CNC3CC3)ccn2)c1. The minimum atomic E-state index is 0.735. The van der Waals surface area contributed by atoms with Gasteiger partial charge in [0.2, 0.25) is 0 Å². The largest absolute Gasteiger partial charge is 0.310 e. The molecule has 2 heterocycles. The molecular formula is C13H16N4. The maximum absolute atomic E-state index is 4.34. The minimum absolute atomic E-state index is 0.735. The maximum atomic E-state index is 4.34. The molecule has 0 amide bonds. The number of rotatable bonds is 4. The van der Waals surface area contributed by atoms with Crippen LogP contribution < -0.4 is 5.32 Å². The van der Waals surface area contributed by atoms with Crippen molar-refractivity contribution >= 4 is 0 Å². The van der Waals surface area contributed by atoms with Gasteiger partial charge in [0.1, 0.15) is 0 Å². The van der Waals surface area contributed by atoms with Crippen LogP contribution in [0.2, 0.25) is 0 Å². The van der Waals surface area contributed by atoms with Gasteiger partial charge in [-0.2, -0.15) is 5.10 Å². The van der Waals surface area contributed by atoms with Crippen LogP contribution in [0.5, 0.6) is 0 Å². The molecule has 0 aliphatic heterocycles. The van der Waals surface area contributed by atoms with Crippen LogP contribution in [-0.2, 0) is 6.54 Å². The Hall–Kier alpha value is -1.68. The first-order chi connectivity index (χ1) is 8.31. The second-order valence-electron chi connectivity index (χ2n) is 4.64. The summed E-state index contributed by atoms with van der Waals surface area (Å²) in [5.74, 6) is 0.883. The molecule has 2 aromatic heterocycles. The molecule has 0 bridgehead atoms. The normalized spacial score (nSPS) is 15.1. The predicted octanol–water partition coefficient (Wildman–Crippen LogP) is 1.83. The van der Waals surface area contributed by atoms with Gasteiger partial charge in [0.15, 0.2) is 5.82 Å². The van der Waals surface area contributed by atoms with Crippen molar-refractivity contribution < 1.29 is 0 Å². The smallest absolute Gasteiger partial charge is 0.153 e. The Morgan fingerprint density at radius 2 is 2.35 bits per heavy atom. The van der Waals surface area contributed by atoms with E-state index in [0.717, 1.165) is 24.0 Å². The van der Waals surface area contributed by atoms with E-state index in [-0.39, 0.29) is 0 Å². The molecule has 1 N–H and O–H groups in total. The lowest BCUT2D eigenvalue weighted by atomic mass is 10.2. The summed E-state index contributed by atoms with van der Waals surface area (Å²) in [6, 6.07) is 4.87. The molecule has 4 heteroatoms. The van der Waals surface area contributed by atoms with Gasteiger partial charge in [0.05, 0.1) is 6.20 Å². The van der Waals surface area contributed by atoms with Crippen LogP contribution in [0.15, 0.2) is 30.7 Å². The first kappa shape index (κ1) is 10.5. The van der Waals surface area contributed by atoms with Crippen LogP contribution in [-0.4, -0.2) is 20.8 Å². The zero-order chi connectivity index (χ0) is 11.7. The van der Waals surface area contributed by atoms with E-state index in [1.165, 1.54) is 18.4 Å². The fourth-order valence-corrected chi connectivity index (χ4v) is 1.78. The molecule has 88 valence electrons. The van der Waals surface area contributed by atoms with E-state index in [1.807, 2.05) is 30.2 Å². The molecule has 0 unspecified atom stereocenters. The van der Waals surface area contributed by atoms with E-state index >= 15 is 0 Å². The van der Waals surface area contributed by atoms with Crippen molar-refractivity contribution in [3.8, 4) is 5.82 Å². The number of hydrogen-bond donors (Lipinski definition) is 1. The van der Waals surface area contributed by atoms with Crippen LogP contribution in [0, 0.1) is 6.92 Å². The molecule has 0 radical (unpaired) electrons. The molecule has 0 saturated heterocycles. The Bertz CT molecular complexity index is 514. The number of nitrogens with zero attached hydrogens (tertiary/aromatic N) is 3. The quantitative estimate of drug-likeness (QED) is 0.868. The van der Waals surface area contributed by atoms with E-state index in [9.17, 15) is 0 Å². The molecular weight excluding hydrogens is 212 g/mol. The highest BCUT2D eigenvalue weighted by atomic mass is 15.3. The minimum Gasteiger partial charge on any atom is -0.310 e. The van der Waals surface area contributed by atoms with Crippen molar-refractivity contribution in [2.75, 3.05) is 0 Å². The summed E-state index contributed by atoms with van der Waals surface area (Å²) in [6.07, 6.45) is 8.31. The molecule has 1 aliphatic carbocycles. The van der Waals surface area contributed by atoms with Gasteiger partial charge in [-0.3, -0.25) is 0 Å². The van der Waals surface area contributed by atoms with Crippen LogP contribution in [0.25, 0.3) is 5.82 Å². The summed E-state index contributed by atoms with van der Waals surface area (Å²) in [5.41, 5.74) is 2.41. The van der Waals surface area contributed by atoms with E-state index < -0.39 is 0 Å². The Morgan fingerprint density at radius 1 is 1.47 bits per heavy atom. The van der Waals surface area contributed by atoms with E-state index in [0.29, 0.717) is 0 Å². The number of aryl methyl sites for hydroxylation is 1. The number of aromatic nitrogens is 3. The van der Waals surface area contributed by atoms with Gasteiger partial charge in [0.25, 0.3) is 0 Å². The van der Waals surface area contributed by atoms with Crippen molar-refractivity contribution in [1.82, 2.24) is 20.1 Å². The standard InChI is InChI=1S/C13H16N4/c1-10-7-16-17(9-10)13-6-11(4-5-14-13)8-15-12-2-3-12/h4-7,9,12,15H,2-3,8H2,1H3. The Kier molecular flexibility index (Phi) is 2.65. The molecule has 1 saturated carbocycles. The van der Waals surface area contributed by atoms with Crippen LogP contribution in [0.1, 0.15) is 24.0 Å². The highest BCUT2D eigenvalue weighted by molar-refractivity contribution is 5.27. The van der Waals surface area contributed by atoms with Gasteiger partial charge < -0.3 is 5.32 Å². The summed E-state index contributed by atoms with van der Waals surface area (Å²) in [6.45, 7) is 2.95. The number of nitrogens with one attached hydrogen (secondary N) is 1. The van der Waals surface area contributed by atoms with Crippen molar-refractivity contribution in [2.45, 2.75) is 32.4 Å². The van der Waals surface area contributed by atoms with Crippen LogP contribution in [0.3, 0.4) is 0 Å². The number of pyridine rings is 1. The molecule has 0 spiro atoms. The highest BCUT2D eigenvalue weighted by Gasteiger charge is 2.19. The fourth-order valence-electron chi connectivity index (χ4n) is 1.78. The third kappa shape index (κ3) is 2.53. The van der Waals surface area contributed by atoms with Crippen molar-refractivity contribution in [2.24, 2.45) is 0 Å². The summed E-state index contributed by atoms with van der Waals surface area (Å²) in [5, 5.41) is 7.77. The second kappa shape index (κ2) is 4.30. The lowest BCUT2D eigenvalue weighted by Gasteiger charge is -2.05. The Morgan fingerprint density at radius 3 is 3.06 bits per heavy atom. The molecule has 1 fully saturated rings. The van der Waals surface area contributed by atoms with Crippen molar-refractivity contribution in [1.29, 1.82) is 0 Å². The zero-order valence-electron chi connectivity index (χ0n) is 9.93. The van der Waals surface area contributed by atoms with E-state index in [4.69, 9.17) is 0 Å². The zero-order valence-corrected chi connectivity index (χ0v) is 9.93. The fraction of sp³-hybridized carbons (Fsp3) is 0.385. The average Bonchev–Trinajstić information content (AvgIpc) is 3.08. The lowest BCUT2D eigenvalue weighted by Crippen LogP contribution is -2.15. The summed E-state index contributed by atoms with van der Waals surface area (Å²) < 4.78 is 1.82. The van der Waals surface area contributed by atoms with Gasteiger partial charge in [-0.05, 0) is 43.0 Å². The Balaban J connectivity index is 1.77. The second-order valence-corrected chi connectivity index (χ2v) is 4.64. The lowest BCUT2D eigenvalue weighted by molar-refractivity contribution is 0.685. The molecule has 3 rings (SSSR count). The molecule has 1 aliphatic rings. The predicted molar refractivity (Wildman–Crippen MR) is 66.0 cm³/mol.